The minimum Gasteiger partial charge on any atom is -0.478 e. The van der Waals surface area contributed by atoms with Crippen molar-refractivity contribution >= 4 is 27.9 Å². The number of carboxylic acid groups (broad SMARTS) is 2. The molecule has 0 saturated heterocycles. The highest BCUT2D eigenvalue weighted by Gasteiger charge is 2.26. The normalized spacial score (nSPS) is 13.5. The molecular weight excluding hydrogens is 396 g/mol. The van der Waals surface area contributed by atoms with E-state index in [-0.39, 0.29) is 15.8 Å². The second kappa shape index (κ2) is 9.74. The number of aliphatic hydroxyl groups excluding tert-OH is 1. The molecule has 2 atom stereocenters. The third-order valence-electron chi connectivity index (χ3n) is 3.50. The molecule has 0 bridgehead atoms. The first-order valence-electron chi connectivity index (χ1n) is 7.94. The van der Waals surface area contributed by atoms with Gasteiger partial charge in [0.15, 0.2) is 0 Å². The van der Waals surface area contributed by atoms with Crippen molar-refractivity contribution in [3.05, 3.63) is 27.7 Å². The maximum atomic E-state index is 11.4. The number of rotatable bonds is 10. The Morgan fingerprint density at radius 2 is 1.84 bits per heavy atom. The highest BCUT2D eigenvalue weighted by molar-refractivity contribution is 9.10. The van der Waals surface area contributed by atoms with Crippen molar-refractivity contribution in [2.45, 2.75) is 46.0 Å². The van der Waals surface area contributed by atoms with Crippen LogP contribution < -0.4 is 4.74 Å². The third kappa shape index (κ3) is 5.98. The summed E-state index contributed by atoms with van der Waals surface area (Å²) in [5, 5.41) is 28.5. The van der Waals surface area contributed by atoms with Crippen molar-refractivity contribution in [1.82, 2.24) is 0 Å². The van der Waals surface area contributed by atoms with E-state index in [0.29, 0.717) is 18.9 Å². The molecule has 0 aliphatic heterocycles. The average molecular weight is 419 g/mol. The molecule has 0 saturated carbocycles. The molecule has 1 aromatic rings. The second-order valence-electron chi connectivity index (χ2n) is 5.93. The minimum atomic E-state index is -1.40. The number of hydrogen-bond acceptors (Lipinski definition) is 5. The Labute approximate surface area is 154 Å². The maximum Gasteiger partial charge on any atom is 0.337 e. The summed E-state index contributed by atoms with van der Waals surface area (Å²) in [6.45, 7) is 6.21. The van der Waals surface area contributed by atoms with Crippen LogP contribution in [0, 0.1) is 5.92 Å². The lowest BCUT2D eigenvalue weighted by Gasteiger charge is -2.25. The molecule has 0 aliphatic carbocycles. The van der Waals surface area contributed by atoms with Crippen LogP contribution in [0.15, 0.2) is 16.6 Å². The van der Waals surface area contributed by atoms with E-state index in [1.165, 1.54) is 6.07 Å². The number of ether oxygens (including phenoxy) is 2. The number of carboxylic acids is 2. The van der Waals surface area contributed by atoms with E-state index in [1.54, 1.807) is 6.92 Å². The second-order valence-corrected chi connectivity index (χ2v) is 6.72. The summed E-state index contributed by atoms with van der Waals surface area (Å²) >= 11 is 3.09. The summed E-state index contributed by atoms with van der Waals surface area (Å²) < 4.78 is 11.2. The van der Waals surface area contributed by atoms with Crippen molar-refractivity contribution < 1.29 is 34.4 Å². The van der Waals surface area contributed by atoms with Crippen LogP contribution in [0.5, 0.6) is 5.75 Å². The fraction of sp³-hybridized carbons (Fsp3) is 0.529. The summed E-state index contributed by atoms with van der Waals surface area (Å²) in [4.78, 5) is 22.6. The number of aliphatic hydroxyl groups is 1. The van der Waals surface area contributed by atoms with Gasteiger partial charge in [-0.25, -0.2) is 9.59 Å². The van der Waals surface area contributed by atoms with E-state index in [2.05, 4.69) is 15.9 Å². The smallest absolute Gasteiger partial charge is 0.337 e. The SMILES string of the molecule is CCC(O)C(OCCC(C)C)Oc1ccc(C(=O)O)c(C(=O)O)c1Br. The largest absolute Gasteiger partial charge is 0.478 e. The van der Waals surface area contributed by atoms with E-state index in [4.69, 9.17) is 14.6 Å². The molecule has 25 heavy (non-hydrogen) atoms. The summed E-state index contributed by atoms with van der Waals surface area (Å²) in [6, 6.07) is 2.48. The van der Waals surface area contributed by atoms with E-state index < -0.39 is 29.9 Å². The van der Waals surface area contributed by atoms with Gasteiger partial charge in [0.1, 0.15) is 11.9 Å². The molecule has 1 aromatic carbocycles. The number of aromatic carboxylic acids is 2. The topological polar surface area (TPSA) is 113 Å². The Balaban J connectivity index is 3.09. The molecule has 0 fully saturated rings. The summed E-state index contributed by atoms with van der Waals surface area (Å²) in [5.74, 6) is -2.25. The van der Waals surface area contributed by atoms with Gasteiger partial charge >= 0.3 is 11.9 Å². The van der Waals surface area contributed by atoms with E-state index in [9.17, 15) is 19.8 Å². The molecule has 0 aromatic heterocycles. The molecule has 2 unspecified atom stereocenters. The van der Waals surface area contributed by atoms with Gasteiger partial charge in [-0.2, -0.15) is 0 Å². The standard InChI is InChI=1S/C17H23BrO7/c1-4-11(19)17(24-8-7-9(2)3)25-12-6-5-10(15(20)21)13(14(12)18)16(22)23/h5-6,9,11,17,19H,4,7-8H2,1-3H3,(H,20,21)(H,22,23). The van der Waals surface area contributed by atoms with Gasteiger partial charge in [-0.1, -0.05) is 20.8 Å². The monoisotopic (exact) mass is 418 g/mol. The molecule has 140 valence electrons. The van der Waals surface area contributed by atoms with E-state index >= 15 is 0 Å². The Morgan fingerprint density at radius 1 is 1.20 bits per heavy atom. The van der Waals surface area contributed by atoms with Crippen LogP contribution in [0.3, 0.4) is 0 Å². The lowest BCUT2D eigenvalue weighted by atomic mass is 10.1. The Kier molecular flexibility index (Phi) is 8.34. The van der Waals surface area contributed by atoms with Gasteiger partial charge < -0.3 is 24.8 Å². The zero-order valence-electron chi connectivity index (χ0n) is 14.4. The van der Waals surface area contributed by atoms with Crippen LogP contribution in [-0.4, -0.2) is 46.3 Å². The number of benzene rings is 1. The third-order valence-corrected chi connectivity index (χ3v) is 4.29. The Hall–Kier alpha value is -1.64. The van der Waals surface area contributed by atoms with Crippen molar-refractivity contribution in [2.24, 2.45) is 5.92 Å². The first-order valence-corrected chi connectivity index (χ1v) is 8.73. The van der Waals surface area contributed by atoms with Gasteiger partial charge in [-0.05, 0) is 46.8 Å². The van der Waals surface area contributed by atoms with Gasteiger partial charge in [0.2, 0.25) is 6.29 Å². The molecule has 8 heteroatoms. The number of hydrogen-bond donors (Lipinski definition) is 3. The maximum absolute atomic E-state index is 11.4. The first-order chi connectivity index (χ1) is 11.7. The van der Waals surface area contributed by atoms with Crippen molar-refractivity contribution in [3.8, 4) is 5.75 Å². The lowest BCUT2D eigenvalue weighted by Crippen LogP contribution is -2.34. The van der Waals surface area contributed by atoms with Gasteiger partial charge in [-0.15, -0.1) is 0 Å². The average Bonchev–Trinajstić information content (AvgIpc) is 2.53. The Morgan fingerprint density at radius 3 is 2.32 bits per heavy atom. The van der Waals surface area contributed by atoms with Crippen LogP contribution in [0.1, 0.15) is 54.3 Å². The quantitative estimate of drug-likeness (QED) is 0.498. The minimum absolute atomic E-state index is 0.0133. The highest BCUT2D eigenvalue weighted by atomic mass is 79.9. The lowest BCUT2D eigenvalue weighted by molar-refractivity contribution is -0.147. The van der Waals surface area contributed by atoms with Crippen molar-refractivity contribution in [1.29, 1.82) is 0 Å². The zero-order chi connectivity index (χ0) is 19.1. The first kappa shape index (κ1) is 21.4. The molecule has 0 radical (unpaired) electrons. The summed E-state index contributed by atoms with van der Waals surface area (Å²) in [6.07, 6.45) is -0.748. The molecule has 7 nitrogen and oxygen atoms in total. The zero-order valence-corrected chi connectivity index (χ0v) is 15.9. The van der Waals surface area contributed by atoms with Gasteiger partial charge in [0.25, 0.3) is 0 Å². The number of carbonyl (C=O) groups is 2. The number of halogens is 1. The Bertz CT molecular complexity index is 615. The van der Waals surface area contributed by atoms with E-state index in [0.717, 1.165) is 12.5 Å². The highest BCUT2D eigenvalue weighted by Crippen LogP contribution is 2.33. The molecule has 1 rings (SSSR count). The van der Waals surface area contributed by atoms with Gasteiger partial charge in [0, 0.05) is 0 Å². The fourth-order valence-corrected chi connectivity index (χ4v) is 2.61. The van der Waals surface area contributed by atoms with Crippen LogP contribution >= 0.6 is 15.9 Å². The predicted octanol–water partition coefficient (Wildman–Crippen LogP) is 3.38. The molecule has 0 spiro atoms. The van der Waals surface area contributed by atoms with Crippen molar-refractivity contribution in [2.75, 3.05) is 6.61 Å². The van der Waals surface area contributed by atoms with Crippen LogP contribution in [0.2, 0.25) is 0 Å². The molecule has 3 N–H and O–H groups in total. The van der Waals surface area contributed by atoms with Gasteiger partial charge in [-0.3, -0.25) is 0 Å². The molecule has 0 amide bonds. The van der Waals surface area contributed by atoms with Crippen LogP contribution in [0.25, 0.3) is 0 Å². The van der Waals surface area contributed by atoms with Crippen molar-refractivity contribution in [3.63, 3.8) is 0 Å². The molecule has 0 heterocycles. The van der Waals surface area contributed by atoms with E-state index in [1.807, 2.05) is 13.8 Å². The van der Waals surface area contributed by atoms with Crippen LogP contribution in [0.4, 0.5) is 0 Å². The fourth-order valence-electron chi connectivity index (χ4n) is 2.00. The van der Waals surface area contributed by atoms with Gasteiger partial charge in [0.05, 0.1) is 22.2 Å². The molecular formula is C17H23BrO7. The molecule has 0 aliphatic rings. The predicted molar refractivity (Wildman–Crippen MR) is 94.2 cm³/mol. The van der Waals surface area contributed by atoms with Crippen LogP contribution in [-0.2, 0) is 4.74 Å². The summed E-state index contributed by atoms with van der Waals surface area (Å²) in [7, 11) is 0. The summed E-state index contributed by atoms with van der Waals surface area (Å²) in [5.41, 5.74) is -0.781.